The fourth-order valence-corrected chi connectivity index (χ4v) is 4.20. The van der Waals surface area contributed by atoms with Crippen molar-refractivity contribution >= 4 is 21.6 Å². The Morgan fingerprint density at radius 3 is 2.29 bits per heavy atom. The summed E-state index contributed by atoms with van der Waals surface area (Å²) in [5, 5.41) is 3.06. The summed E-state index contributed by atoms with van der Waals surface area (Å²) in [5.41, 5.74) is 3.82. The Bertz CT molecular complexity index is 892. The van der Waals surface area contributed by atoms with E-state index in [-0.39, 0.29) is 24.9 Å². The molecule has 0 aliphatic carbocycles. The van der Waals surface area contributed by atoms with Crippen LogP contribution in [0.5, 0.6) is 0 Å². The van der Waals surface area contributed by atoms with Crippen molar-refractivity contribution < 1.29 is 13.2 Å². The molecule has 28 heavy (non-hydrogen) atoms. The van der Waals surface area contributed by atoms with E-state index in [1.54, 1.807) is 6.07 Å². The second-order valence-corrected chi connectivity index (χ2v) is 9.07. The Hall–Kier alpha value is -2.34. The third kappa shape index (κ3) is 6.09. The summed E-state index contributed by atoms with van der Waals surface area (Å²) in [6, 6.07) is 15.5. The molecular formula is C22H30N2O3S. The Labute approximate surface area is 168 Å². The molecule has 0 saturated heterocycles. The highest BCUT2D eigenvalue weighted by Gasteiger charge is 2.19. The van der Waals surface area contributed by atoms with Gasteiger partial charge in [-0.25, -0.2) is 8.42 Å². The zero-order chi connectivity index (χ0) is 20.7. The molecule has 0 saturated carbocycles. The van der Waals surface area contributed by atoms with Gasteiger partial charge in [-0.05, 0) is 43.9 Å². The predicted octanol–water partition coefficient (Wildman–Crippen LogP) is 4.12. The van der Waals surface area contributed by atoms with Crippen LogP contribution in [0.15, 0.2) is 48.5 Å². The molecule has 0 radical (unpaired) electrons. The van der Waals surface area contributed by atoms with Crippen molar-refractivity contribution in [1.29, 1.82) is 0 Å². The number of nitrogens with one attached hydrogen (secondary N) is 1. The maximum absolute atomic E-state index is 12.4. The first-order valence-corrected chi connectivity index (χ1v) is 11.5. The highest BCUT2D eigenvalue weighted by atomic mass is 32.2. The number of rotatable bonds is 9. The van der Waals surface area contributed by atoms with Gasteiger partial charge in [0.1, 0.15) is 0 Å². The van der Waals surface area contributed by atoms with Gasteiger partial charge in [0.05, 0.1) is 18.0 Å². The lowest BCUT2D eigenvalue weighted by Crippen LogP contribution is -2.33. The van der Waals surface area contributed by atoms with E-state index in [1.807, 2.05) is 63.2 Å². The molecule has 0 aliphatic rings. The molecule has 5 nitrogen and oxygen atoms in total. The average molecular weight is 403 g/mol. The van der Waals surface area contributed by atoms with Crippen LogP contribution in [0.25, 0.3) is 0 Å². The highest BCUT2D eigenvalue weighted by Crippen LogP contribution is 2.23. The summed E-state index contributed by atoms with van der Waals surface area (Å²) < 4.78 is 25.8. The monoisotopic (exact) mass is 402 g/mol. The van der Waals surface area contributed by atoms with Gasteiger partial charge in [0.15, 0.2) is 0 Å². The number of carbonyl (C=O) groups excluding carboxylic acids is 1. The van der Waals surface area contributed by atoms with Crippen LogP contribution in [-0.2, 0) is 14.8 Å². The first-order valence-electron chi connectivity index (χ1n) is 9.61. The van der Waals surface area contributed by atoms with Crippen LogP contribution >= 0.6 is 0 Å². The predicted molar refractivity (Wildman–Crippen MR) is 115 cm³/mol. The molecule has 0 bridgehead atoms. The van der Waals surface area contributed by atoms with Gasteiger partial charge in [0.25, 0.3) is 0 Å². The second-order valence-electron chi connectivity index (χ2n) is 7.16. The van der Waals surface area contributed by atoms with E-state index >= 15 is 0 Å². The van der Waals surface area contributed by atoms with Crippen LogP contribution < -0.4 is 9.62 Å². The fourth-order valence-electron chi connectivity index (χ4n) is 3.18. The van der Waals surface area contributed by atoms with Crippen molar-refractivity contribution in [3.63, 3.8) is 0 Å². The van der Waals surface area contributed by atoms with E-state index in [4.69, 9.17) is 0 Å². The third-order valence-corrected chi connectivity index (χ3v) is 5.95. The summed E-state index contributed by atoms with van der Waals surface area (Å²) in [6.07, 6.45) is 2.73. The zero-order valence-corrected chi connectivity index (χ0v) is 17.9. The number of carbonyl (C=O) groups is 1. The molecule has 0 aromatic heterocycles. The molecule has 0 heterocycles. The lowest BCUT2D eigenvalue weighted by Gasteiger charge is -2.24. The topological polar surface area (TPSA) is 66.5 Å². The minimum Gasteiger partial charge on any atom is -0.349 e. The molecular weight excluding hydrogens is 372 g/mol. The maximum atomic E-state index is 12.4. The number of nitrogens with zero attached hydrogens (tertiary/aromatic N) is 1. The van der Waals surface area contributed by atoms with Crippen molar-refractivity contribution in [3.05, 3.63) is 65.2 Å². The van der Waals surface area contributed by atoms with Crippen LogP contribution in [0, 0.1) is 13.8 Å². The number of aryl methyl sites for hydroxylation is 2. The molecule has 1 N–H and O–H groups in total. The summed E-state index contributed by atoms with van der Waals surface area (Å²) in [6.45, 7) is 6.23. The normalized spacial score (nSPS) is 12.4. The van der Waals surface area contributed by atoms with Crippen LogP contribution in [0.3, 0.4) is 0 Å². The van der Waals surface area contributed by atoms with Crippen molar-refractivity contribution in [2.24, 2.45) is 0 Å². The smallest absolute Gasteiger partial charge is 0.232 e. The van der Waals surface area contributed by atoms with E-state index in [0.29, 0.717) is 12.1 Å². The Morgan fingerprint density at radius 1 is 1.07 bits per heavy atom. The average Bonchev–Trinajstić information content (AvgIpc) is 2.64. The Kier molecular flexibility index (Phi) is 7.63. The van der Waals surface area contributed by atoms with Gasteiger partial charge in [-0.3, -0.25) is 9.10 Å². The molecule has 2 rings (SSSR count). The number of benzene rings is 2. The molecule has 1 atom stereocenters. The van der Waals surface area contributed by atoms with Crippen LogP contribution in [0.1, 0.15) is 48.9 Å². The number of hydrogen-bond acceptors (Lipinski definition) is 3. The second kappa shape index (κ2) is 9.73. The van der Waals surface area contributed by atoms with Gasteiger partial charge < -0.3 is 5.32 Å². The third-order valence-electron chi connectivity index (χ3n) is 4.77. The number of amides is 1. The Balaban J connectivity index is 1.97. The standard InChI is InChI=1S/C22H30N2O3S/c1-5-20(19-14-12-17(2)13-15-19)23-22(25)11-8-16-24(28(4,26)27)21-10-7-6-9-18(21)3/h6-7,9-10,12-15,20H,5,8,11,16H2,1-4H3,(H,23,25). The fraction of sp³-hybridized carbons (Fsp3) is 0.409. The van der Waals surface area contributed by atoms with Crippen LogP contribution in [-0.4, -0.2) is 27.1 Å². The van der Waals surface area contributed by atoms with Gasteiger partial charge in [-0.1, -0.05) is 55.0 Å². The van der Waals surface area contributed by atoms with Crippen molar-refractivity contribution in [1.82, 2.24) is 5.32 Å². The van der Waals surface area contributed by atoms with Crippen molar-refractivity contribution in [2.45, 2.75) is 46.1 Å². The number of anilines is 1. The van der Waals surface area contributed by atoms with E-state index in [2.05, 4.69) is 5.32 Å². The molecule has 152 valence electrons. The first-order chi connectivity index (χ1) is 13.2. The van der Waals surface area contributed by atoms with E-state index in [0.717, 1.165) is 17.5 Å². The summed E-state index contributed by atoms with van der Waals surface area (Å²) >= 11 is 0. The number of para-hydroxylation sites is 1. The van der Waals surface area contributed by atoms with E-state index in [1.165, 1.54) is 16.1 Å². The summed E-state index contributed by atoms with van der Waals surface area (Å²) in [7, 11) is -3.41. The largest absolute Gasteiger partial charge is 0.349 e. The summed E-state index contributed by atoms with van der Waals surface area (Å²) in [5.74, 6) is -0.0642. The van der Waals surface area contributed by atoms with Gasteiger partial charge in [-0.15, -0.1) is 0 Å². The van der Waals surface area contributed by atoms with Gasteiger partial charge in [0.2, 0.25) is 15.9 Å². The molecule has 1 unspecified atom stereocenters. The molecule has 2 aromatic carbocycles. The molecule has 2 aromatic rings. The van der Waals surface area contributed by atoms with E-state index in [9.17, 15) is 13.2 Å². The first kappa shape index (κ1) is 22.0. The molecule has 6 heteroatoms. The quantitative estimate of drug-likeness (QED) is 0.686. The number of sulfonamides is 1. The number of hydrogen-bond donors (Lipinski definition) is 1. The molecule has 0 spiro atoms. The zero-order valence-electron chi connectivity index (χ0n) is 17.1. The van der Waals surface area contributed by atoms with Crippen LogP contribution in [0.4, 0.5) is 5.69 Å². The highest BCUT2D eigenvalue weighted by molar-refractivity contribution is 7.92. The van der Waals surface area contributed by atoms with Gasteiger partial charge in [-0.2, -0.15) is 0 Å². The van der Waals surface area contributed by atoms with E-state index < -0.39 is 10.0 Å². The van der Waals surface area contributed by atoms with Crippen molar-refractivity contribution in [3.8, 4) is 0 Å². The lowest BCUT2D eigenvalue weighted by atomic mass is 10.0. The van der Waals surface area contributed by atoms with Gasteiger partial charge in [0, 0.05) is 13.0 Å². The maximum Gasteiger partial charge on any atom is 0.232 e. The molecule has 1 amide bonds. The minimum absolute atomic E-state index is 0.0320. The van der Waals surface area contributed by atoms with Gasteiger partial charge >= 0.3 is 0 Å². The van der Waals surface area contributed by atoms with Crippen molar-refractivity contribution in [2.75, 3.05) is 17.1 Å². The molecule has 0 fully saturated rings. The minimum atomic E-state index is -3.41. The molecule has 0 aliphatic heterocycles. The lowest BCUT2D eigenvalue weighted by molar-refractivity contribution is -0.121. The van der Waals surface area contributed by atoms with Crippen LogP contribution in [0.2, 0.25) is 0 Å². The Morgan fingerprint density at radius 2 is 1.71 bits per heavy atom. The summed E-state index contributed by atoms with van der Waals surface area (Å²) in [4.78, 5) is 12.4. The SMILES string of the molecule is CCC(NC(=O)CCCN(c1ccccc1C)S(C)(=O)=O)c1ccc(C)cc1.